The largest absolute Gasteiger partial charge is 0.347 e. The van der Waals surface area contributed by atoms with Crippen LogP contribution in [0.1, 0.15) is 21.7 Å². The van der Waals surface area contributed by atoms with Gasteiger partial charge < -0.3 is 5.32 Å². The van der Waals surface area contributed by atoms with Crippen molar-refractivity contribution in [2.24, 2.45) is 7.05 Å². The molecule has 1 aromatic carbocycles. The Hall–Kier alpha value is -3.48. The van der Waals surface area contributed by atoms with Crippen LogP contribution in [0.5, 0.6) is 0 Å². The van der Waals surface area contributed by atoms with E-state index in [4.69, 9.17) is 0 Å². The van der Waals surface area contributed by atoms with Gasteiger partial charge in [-0.3, -0.25) is 14.0 Å². The molecule has 0 saturated carbocycles. The third kappa shape index (κ3) is 2.95. The van der Waals surface area contributed by atoms with E-state index in [1.54, 1.807) is 30.3 Å². The number of aromatic nitrogens is 5. The van der Waals surface area contributed by atoms with Gasteiger partial charge in [0.15, 0.2) is 0 Å². The highest BCUT2D eigenvalue weighted by Crippen LogP contribution is 2.16. The van der Waals surface area contributed by atoms with E-state index in [-0.39, 0.29) is 5.91 Å². The molecular formula is C19H18N6O. The Labute approximate surface area is 150 Å². The number of hydrogen-bond acceptors (Lipinski definition) is 4. The fourth-order valence-electron chi connectivity index (χ4n) is 2.90. The molecule has 0 fully saturated rings. The summed E-state index contributed by atoms with van der Waals surface area (Å²) in [7, 11) is 1.76. The van der Waals surface area contributed by atoms with Crippen molar-refractivity contribution in [3.05, 3.63) is 71.9 Å². The fraction of sp³-hybridized carbons (Fsp3) is 0.158. The molecule has 26 heavy (non-hydrogen) atoms. The van der Waals surface area contributed by atoms with Crippen molar-refractivity contribution in [3.63, 3.8) is 0 Å². The number of carbonyl (C=O) groups is 1. The van der Waals surface area contributed by atoms with Crippen LogP contribution < -0.4 is 5.32 Å². The molecule has 1 amide bonds. The highest BCUT2D eigenvalue weighted by Gasteiger charge is 2.11. The summed E-state index contributed by atoms with van der Waals surface area (Å²) in [6.07, 6.45) is 3.53. The Kier molecular flexibility index (Phi) is 3.96. The van der Waals surface area contributed by atoms with Crippen LogP contribution in [-0.2, 0) is 13.6 Å². The van der Waals surface area contributed by atoms with Crippen molar-refractivity contribution in [2.75, 3.05) is 0 Å². The number of rotatable bonds is 4. The molecular weight excluding hydrogens is 328 g/mol. The maximum atomic E-state index is 12.2. The number of nitrogens with one attached hydrogen (secondary N) is 1. The summed E-state index contributed by atoms with van der Waals surface area (Å²) < 4.78 is 3.52. The van der Waals surface area contributed by atoms with Gasteiger partial charge in [0, 0.05) is 19.8 Å². The Morgan fingerprint density at radius 2 is 2.00 bits per heavy atom. The van der Waals surface area contributed by atoms with E-state index in [0.717, 1.165) is 28.1 Å². The number of nitrogens with zero attached hydrogens (tertiary/aromatic N) is 5. The molecule has 4 aromatic rings. The zero-order valence-electron chi connectivity index (χ0n) is 14.5. The normalized spacial score (nSPS) is 11.0. The van der Waals surface area contributed by atoms with Gasteiger partial charge in [0.2, 0.25) is 0 Å². The lowest BCUT2D eigenvalue weighted by Crippen LogP contribution is -2.25. The first kappa shape index (κ1) is 16.0. The van der Waals surface area contributed by atoms with Crippen molar-refractivity contribution in [2.45, 2.75) is 13.5 Å². The molecule has 3 heterocycles. The van der Waals surface area contributed by atoms with Gasteiger partial charge in [-0.05, 0) is 36.8 Å². The molecule has 0 atom stereocenters. The number of imidazole rings is 1. The molecule has 7 nitrogen and oxygen atoms in total. The molecule has 0 bridgehead atoms. The molecule has 3 aromatic heterocycles. The van der Waals surface area contributed by atoms with E-state index in [1.165, 1.54) is 0 Å². The molecule has 0 aliphatic carbocycles. The van der Waals surface area contributed by atoms with Crippen molar-refractivity contribution < 1.29 is 4.79 Å². The Morgan fingerprint density at radius 1 is 1.15 bits per heavy atom. The zero-order chi connectivity index (χ0) is 18.1. The first-order valence-corrected chi connectivity index (χ1v) is 8.28. The second-order valence-electron chi connectivity index (χ2n) is 6.11. The number of hydrogen-bond donors (Lipinski definition) is 1. The third-order valence-electron chi connectivity index (χ3n) is 4.20. The van der Waals surface area contributed by atoms with Gasteiger partial charge >= 0.3 is 0 Å². The molecule has 0 saturated heterocycles. The quantitative estimate of drug-likeness (QED) is 0.615. The molecule has 0 aliphatic heterocycles. The van der Waals surface area contributed by atoms with Gasteiger partial charge in [0.1, 0.15) is 17.8 Å². The van der Waals surface area contributed by atoms with Crippen LogP contribution in [-0.4, -0.2) is 30.2 Å². The summed E-state index contributed by atoms with van der Waals surface area (Å²) in [5.41, 5.74) is 4.21. The van der Waals surface area contributed by atoms with Crippen LogP contribution in [0.3, 0.4) is 0 Å². The Balaban J connectivity index is 1.48. The van der Waals surface area contributed by atoms with Gasteiger partial charge in [-0.15, -0.1) is 0 Å². The number of amides is 1. The highest BCUT2D eigenvalue weighted by molar-refractivity contribution is 5.92. The van der Waals surface area contributed by atoms with Crippen molar-refractivity contribution in [1.29, 1.82) is 0 Å². The van der Waals surface area contributed by atoms with E-state index in [1.807, 2.05) is 47.9 Å². The lowest BCUT2D eigenvalue weighted by Gasteiger charge is -2.07. The highest BCUT2D eigenvalue weighted by atomic mass is 16.2. The second-order valence-corrected chi connectivity index (χ2v) is 6.11. The summed E-state index contributed by atoms with van der Waals surface area (Å²) in [5.74, 6) is 0.633. The summed E-state index contributed by atoms with van der Waals surface area (Å²) >= 11 is 0. The molecule has 4 rings (SSSR count). The summed E-state index contributed by atoms with van der Waals surface area (Å²) in [4.78, 5) is 21.1. The van der Waals surface area contributed by atoms with E-state index in [9.17, 15) is 4.79 Å². The summed E-state index contributed by atoms with van der Waals surface area (Å²) in [6.45, 7) is 2.26. The van der Waals surface area contributed by atoms with E-state index in [0.29, 0.717) is 12.2 Å². The van der Waals surface area contributed by atoms with Crippen LogP contribution >= 0.6 is 0 Å². The first-order chi connectivity index (χ1) is 12.6. The lowest BCUT2D eigenvalue weighted by molar-refractivity contribution is 0.0941. The van der Waals surface area contributed by atoms with Crippen LogP contribution in [0.25, 0.3) is 16.9 Å². The number of carbonyl (C=O) groups excluding carboxylic acids is 1. The number of aryl methyl sites for hydroxylation is 2. The van der Waals surface area contributed by atoms with E-state index >= 15 is 0 Å². The van der Waals surface area contributed by atoms with Gasteiger partial charge in [-0.25, -0.2) is 9.97 Å². The average Bonchev–Trinajstić information content (AvgIpc) is 3.23. The van der Waals surface area contributed by atoms with Crippen LogP contribution in [0, 0.1) is 6.92 Å². The van der Waals surface area contributed by atoms with Gasteiger partial charge in [-0.2, -0.15) is 5.10 Å². The van der Waals surface area contributed by atoms with Gasteiger partial charge in [-0.1, -0.05) is 18.2 Å². The predicted molar refractivity (Wildman–Crippen MR) is 98.0 cm³/mol. The number of pyridine rings is 1. The molecule has 0 radical (unpaired) electrons. The number of fused-ring (bicyclic) bond motifs is 1. The SMILES string of the molecule is Cc1cc(C(=O)NCc2ccc(-n3cnc4ccccc43)nc2)n(C)n1. The van der Waals surface area contributed by atoms with Gasteiger partial charge in [0.05, 0.1) is 16.7 Å². The first-order valence-electron chi connectivity index (χ1n) is 8.28. The van der Waals surface area contributed by atoms with Crippen molar-refractivity contribution in [1.82, 2.24) is 29.6 Å². The second kappa shape index (κ2) is 6.44. The van der Waals surface area contributed by atoms with Crippen LogP contribution in [0.2, 0.25) is 0 Å². The Bertz CT molecular complexity index is 1080. The van der Waals surface area contributed by atoms with Crippen LogP contribution in [0.4, 0.5) is 0 Å². The van der Waals surface area contributed by atoms with E-state index in [2.05, 4.69) is 20.4 Å². The minimum absolute atomic E-state index is 0.155. The monoisotopic (exact) mass is 346 g/mol. The predicted octanol–water partition coefficient (Wildman–Crippen LogP) is 2.39. The standard InChI is InChI=1S/C19H18N6O/c1-13-9-17(24(2)23-13)19(26)21-11-14-7-8-18(20-10-14)25-12-22-15-5-3-4-6-16(15)25/h3-10,12H,11H2,1-2H3,(H,21,26). The van der Waals surface area contributed by atoms with Crippen molar-refractivity contribution >= 4 is 16.9 Å². The van der Waals surface area contributed by atoms with E-state index < -0.39 is 0 Å². The molecule has 7 heteroatoms. The molecule has 0 spiro atoms. The lowest BCUT2D eigenvalue weighted by atomic mass is 10.2. The zero-order valence-corrected chi connectivity index (χ0v) is 14.5. The van der Waals surface area contributed by atoms with Crippen LogP contribution in [0.15, 0.2) is 55.0 Å². The minimum atomic E-state index is -0.155. The summed E-state index contributed by atoms with van der Waals surface area (Å²) in [5, 5.41) is 7.08. The Morgan fingerprint density at radius 3 is 2.73 bits per heavy atom. The third-order valence-corrected chi connectivity index (χ3v) is 4.20. The number of benzene rings is 1. The minimum Gasteiger partial charge on any atom is -0.347 e. The maximum Gasteiger partial charge on any atom is 0.269 e. The summed E-state index contributed by atoms with van der Waals surface area (Å²) in [6, 6.07) is 13.5. The molecule has 1 N–H and O–H groups in total. The maximum absolute atomic E-state index is 12.2. The number of para-hydroxylation sites is 2. The average molecular weight is 346 g/mol. The topological polar surface area (TPSA) is 77.6 Å². The van der Waals surface area contributed by atoms with Crippen molar-refractivity contribution in [3.8, 4) is 5.82 Å². The molecule has 0 unspecified atom stereocenters. The fourth-order valence-corrected chi connectivity index (χ4v) is 2.90. The molecule has 130 valence electrons. The smallest absolute Gasteiger partial charge is 0.269 e. The van der Waals surface area contributed by atoms with Gasteiger partial charge in [0.25, 0.3) is 5.91 Å². The molecule has 0 aliphatic rings.